The number of hydrogen-bond donors (Lipinski definition) is 1. The van der Waals surface area contributed by atoms with Gasteiger partial charge in [-0.2, -0.15) is 0 Å². The van der Waals surface area contributed by atoms with Gasteiger partial charge in [0.15, 0.2) is 11.5 Å². The van der Waals surface area contributed by atoms with Crippen molar-refractivity contribution in [2.24, 2.45) is 11.7 Å². The highest BCUT2D eigenvalue weighted by Crippen LogP contribution is 2.36. The molecule has 1 aromatic rings. The second kappa shape index (κ2) is 6.64. The zero-order valence-corrected chi connectivity index (χ0v) is 12.6. The van der Waals surface area contributed by atoms with E-state index in [9.17, 15) is 0 Å². The van der Waals surface area contributed by atoms with Gasteiger partial charge in [0.05, 0.1) is 0 Å². The molecule has 2 aliphatic heterocycles. The van der Waals surface area contributed by atoms with Gasteiger partial charge in [0.25, 0.3) is 0 Å². The van der Waals surface area contributed by atoms with Crippen LogP contribution in [0.2, 0.25) is 0 Å². The summed E-state index contributed by atoms with van der Waals surface area (Å²) in [5.41, 5.74) is 7.25. The van der Waals surface area contributed by atoms with Gasteiger partial charge in [-0.05, 0) is 49.5 Å². The lowest BCUT2D eigenvalue weighted by Crippen LogP contribution is -2.40. The molecular formula is C16H24N2O3. The Morgan fingerprint density at radius 2 is 2.05 bits per heavy atom. The fourth-order valence-corrected chi connectivity index (χ4v) is 3.28. The van der Waals surface area contributed by atoms with Crippen LogP contribution in [0.25, 0.3) is 0 Å². The van der Waals surface area contributed by atoms with Gasteiger partial charge in [0.2, 0.25) is 6.79 Å². The van der Waals surface area contributed by atoms with Crippen molar-refractivity contribution >= 4 is 0 Å². The molecule has 5 nitrogen and oxygen atoms in total. The number of ether oxygens (including phenoxy) is 3. The average Bonchev–Trinajstić information content (AvgIpc) is 2.98. The maximum atomic E-state index is 6.04. The summed E-state index contributed by atoms with van der Waals surface area (Å²) in [6.45, 7) is 3.95. The first kappa shape index (κ1) is 14.6. The van der Waals surface area contributed by atoms with Gasteiger partial charge in [0, 0.05) is 26.3 Å². The van der Waals surface area contributed by atoms with Crippen LogP contribution in [0.4, 0.5) is 0 Å². The van der Waals surface area contributed by atoms with Crippen molar-refractivity contribution in [2.45, 2.75) is 18.9 Å². The van der Waals surface area contributed by atoms with E-state index in [1.807, 2.05) is 6.07 Å². The van der Waals surface area contributed by atoms with Gasteiger partial charge in [-0.3, -0.25) is 4.90 Å². The molecule has 3 rings (SSSR count). The van der Waals surface area contributed by atoms with E-state index in [0.717, 1.165) is 31.2 Å². The molecule has 1 atom stereocenters. The molecule has 2 aliphatic rings. The largest absolute Gasteiger partial charge is 0.454 e. The number of benzene rings is 1. The van der Waals surface area contributed by atoms with Crippen molar-refractivity contribution < 1.29 is 14.2 Å². The minimum absolute atomic E-state index is 0.253. The Morgan fingerprint density at radius 1 is 1.29 bits per heavy atom. The molecule has 2 N–H and O–H groups in total. The Bertz CT molecular complexity index is 473. The number of nitrogens with zero attached hydrogens (tertiary/aromatic N) is 1. The van der Waals surface area contributed by atoms with Crippen LogP contribution >= 0.6 is 0 Å². The lowest BCUT2D eigenvalue weighted by Gasteiger charge is -2.37. The molecule has 2 heterocycles. The molecule has 116 valence electrons. The molecule has 1 saturated heterocycles. The molecule has 0 spiro atoms. The lowest BCUT2D eigenvalue weighted by molar-refractivity contribution is 0.0810. The number of rotatable bonds is 5. The molecule has 1 fully saturated rings. The van der Waals surface area contributed by atoms with E-state index in [1.54, 1.807) is 7.11 Å². The zero-order valence-electron chi connectivity index (χ0n) is 12.6. The molecule has 0 saturated carbocycles. The minimum Gasteiger partial charge on any atom is -0.454 e. The highest BCUT2D eigenvalue weighted by Gasteiger charge is 2.26. The van der Waals surface area contributed by atoms with Crippen LogP contribution in [0.1, 0.15) is 24.4 Å². The van der Waals surface area contributed by atoms with Gasteiger partial charge in [0.1, 0.15) is 0 Å². The number of piperidine rings is 1. The smallest absolute Gasteiger partial charge is 0.231 e. The minimum atomic E-state index is 0.253. The first-order valence-electron chi connectivity index (χ1n) is 7.64. The third kappa shape index (κ3) is 3.15. The highest BCUT2D eigenvalue weighted by atomic mass is 16.7. The summed E-state index contributed by atoms with van der Waals surface area (Å²) in [7, 11) is 1.78. The maximum absolute atomic E-state index is 6.04. The molecule has 0 aromatic heterocycles. The molecular weight excluding hydrogens is 268 g/mol. The molecule has 1 aromatic carbocycles. The fraction of sp³-hybridized carbons (Fsp3) is 0.625. The Kier molecular flexibility index (Phi) is 4.63. The van der Waals surface area contributed by atoms with Crippen LogP contribution in [0, 0.1) is 5.92 Å². The molecule has 0 amide bonds. The van der Waals surface area contributed by atoms with Gasteiger partial charge >= 0.3 is 0 Å². The predicted molar refractivity (Wildman–Crippen MR) is 80.5 cm³/mol. The van der Waals surface area contributed by atoms with Crippen molar-refractivity contribution in [3.8, 4) is 11.5 Å². The van der Waals surface area contributed by atoms with Crippen LogP contribution in [0.5, 0.6) is 11.5 Å². The Hall–Kier alpha value is -1.30. The lowest BCUT2D eigenvalue weighted by atomic mass is 9.94. The number of nitrogens with two attached hydrogens (primary N) is 1. The van der Waals surface area contributed by atoms with Crippen molar-refractivity contribution in [2.75, 3.05) is 40.1 Å². The topological polar surface area (TPSA) is 57.0 Å². The second-order valence-electron chi connectivity index (χ2n) is 5.80. The van der Waals surface area contributed by atoms with E-state index in [1.165, 1.54) is 18.4 Å². The van der Waals surface area contributed by atoms with E-state index in [2.05, 4.69) is 17.0 Å². The molecule has 0 bridgehead atoms. The Labute approximate surface area is 126 Å². The second-order valence-corrected chi connectivity index (χ2v) is 5.80. The van der Waals surface area contributed by atoms with Crippen LogP contribution < -0.4 is 15.2 Å². The van der Waals surface area contributed by atoms with Gasteiger partial charge in [-0.15, -0.1) is 0 Å². The van der Waals surface area contributed by atoms with Crippen molar-refractivity contribution in [3.63, 3.8) is 0 Å². The highest BCUT2D eigenvalue weighted by molar-refractivity contribution is 5.45. The monoisotopic (exact) mass is 292 g/mol. The van der Waals surface area contributed by atoms with Crippen molar-refractivity contribution in [1.29, 1.82) is 0 Å². The SMILES string of the molecule is COCC1CCN(C(CN)c2ccc3c(c2)OCO3)CC1. The summed E-state index contributed by atoms with van der Waals surface area (Å²) in [6.07, 6.45) is 2.35. The van der Waals surface area contributed by atoms with Crippen LogP contribution in [0.15, 0.2) is 18.2 Å². The molecule has 5 heteroatoms. The number of methoxy groups -OCH3 is 1. The predicted octanol–water partition coefficient (Wildman–Crippen LogP) is 1.77. The average molecular weight is 292 g/mol. The Morgan fingerprint density at radius 3 is 2.76 bits per heavy atom. The van der Waals surface area contributed by atoms with Crippen molar-refractivity contribution in [3.05, 3.63) is 23.8 Å². The zero-order chi connectivity index (χ0) is 14.7. The standard InChI is InChI=1S/C16H24N2O3/c1-19-10-12-4-6-18(7-5-12)14(9-17)13-2-3-15-16(8-13)21-11-20-15/h2-3,8,12,14H,4-7,9-11,17H2,1H3. The van der Waals surface area contributed by atoms with E-state index < -0.39 is 0 Å². The van der Waals surface area contributed by atoms with Crippen LogP contribution in [0.3, 0.4) is 0 Å². The third-order valence-electron chi connectivity index (χ3n) is 4.50. The number of hydrogen-bond acceptors (Lipinski definition) is 5. The first-order valence-corrected chi connectivity index (χ1v) is 7.64. The van der Waals surface area contributed by atoms with E-state index >= 15 is 0 Å². The normalized spacial score (nSPS) is 20.7. The fourth-order valence-electron chi connectivity index (χ4n) is 3.28. The van der Waals surface area contributed by atoms with Gasteiger partial charge in [-0.25, -0.2) is 0 Å². The maximum Gasteiger partial charge on any atom is 0.231 e. The number of fused-ring (bicyclic) bond motifs is 1. The quantitative estimate of drug-likeness (QED) is 0.896. The summed E-state index contributed by atoms with van der Waals surface area (Å²) in [5, 5.41) is 0. The van der Waals surface area contributed by atoms with Gasteiger partial charge in [-0.1, -0.05) is 6.07 Å². The number of likely N-dealkylation sites (tertiary alicyclic amines) is 1. The molecule has 21 heavy (non-hydrogen) atoms. The molecule has 0 aliphatic carbocycles. The summed E-state index contributed by atoms with van der Waals surface area (Å²) in [5.74, 6) is 2.34. The molecule has 0 radical (unpaired) electrons. The third-order valence-corrected chi connectivity index (χ3v) is 4.50. The summed E-state index contributed by atoms with van der Waals surface area (Å²) in [4.78, 5) is 2.48. The molecule has 1 unspecified atom stereocenters. The summed E-state index contributed by atoms with van der Waals surface area (Å²) < 4.78 is 16.1. The van der Waals surface area contributed by atoms with Crippen LogP contribution in [-0.2, 0) is 4.74 Å². The van der Waals surface area contributed by atoms with Crippen molar-refractivity contribution in [1.82, 2.24) is 4.90 Å². The van der Waals surface area contributed by atoms with Gasteiger partial charge < -0.3 is 19.9 Å². The van der Waals surface area contributed by atoms with E-state index in [0.29, 0.717) is 19.3 Å². The summed E-state index contributed by atoms with van der Waals surface area (Å²) in [6, 6.07) is 6.41. The first-order chi connectivity index (χ1) is 10.3. The van der Waals surface area contributed by atoms with E-state index in [4.69, 9.17) is 19.9 Å². The van der Waals surface area contributed by atoms with E-state index in [-0.39, 0.29) is 6.04 Å². The Balaban J connectivity index is 1.68. The van der Waals surface area contributed by atoms with Crippen LogP contribution in [-0.4, -0.2) is 45.0 Å². The summed E-state index contributed by atoms with van der Waals surface area (Å²) >= 11 is 0.